The standard InChI is InChI=1S/C12H19N3O/c1-16-11-7-8-13-12(15-11)14-9-10-5-3-2-4-6-10/h7-8,10H,2-6,9H2,1H3,(H,13,14,15). The number of aromatic nitrogens is 2. The van der Waals surface area contributed by atoms with Gasteiger partial charge in [0.1, 0.15) is 0 Å². The zero-order valence-electron chi connectivity index (χ0n) is 9.78. The Morgan fingerprint density at radius 3 is 2.94 bits per heavy atom. The largest absolute Gasteiger partial charge is 0.481 e. The maximum Gasteiger partial charge on any atom is 0.225 e. The van der Waals surface area contributed by atoms with E-state index in [0.717, 1.165) is 12.5 Å². The van der Waals surface area contributed by atoms with Crippen molar-refractivity contribution in [2.45, 2.75) is 32.1 Å². The third-order valence-electron chi connectivity index (χ3n) is 3.11. The monoisotopic (exact) mass is 221 g/mol. The van der Waals surface area contributed by atoms with Crippen molar-refractivity contribution in [1.29, 1.82) is 0 Å². The average molecular weight is 221 g/mol. The summed E-state index contributed by atoms with van der Waals surface area (Å²) in [5.74, 6) is 2.06. The molecule has 2 rings (SSSR count). The summed E-state index contributed by atoms with van der Waals surface area (Å²) in [7, 11) is 1.62. The predicted molar refractivity (Wildman–Crippen MR) is 63.6 cm³/mol. The van der Waals surface area contributed by atoms with Crippen LogP contribution in [0, 0.1) is 5.92 Å². The molecule has 0 saturated heterocycles. The minimum atomic E-state index is 0.612. The highest BCUT2D eigenvalue weighted by atomic mass is 16.5. The smallest absolute Gasteiger partial charge is 0.225 e. The van der Waals surface area contributed by atoms with E-state index in [-0.39, 0.29) is 0 Å². The van der Waals surface area contributed by atoms with Crippen molar-refractivity contribution in [3.05, 3.63) is 12.3 Å². The number of anilines is 1. The first-order valence-electron chi connectivity index (χ1n) is 5.99. The normalized spacial score (nSPS) is 17.1. The molecule has 0 spiro atoms. The number of ether oxygens (including phenoxy) is 1. The van der Waals surface area contributed by atoms with Crippen molar-refractivity contribution < 1.29 is 4.74 Å². The zero-order chi connectivity index (χ0) is 11.2. The number of methoxy groups -OCH3 is 1. The fraction of sp³-hybridized carbons (Fsp3) is 0.667. The van der Waals surface area contributed by atoms with Gasteiger partial charge in [0.05, 0.1) is 7.11 Å². The topological polar surface area (TPSA) is 47.0 Å². The summed E-state index contributed by atoms with van der Waals surface area (Å²) < 4.78 is 5.06. The highest BCUT2D eigenvalue weighted by Crippen LogP contribution is 2.23. The zero-order valence-corrected chi connectivity index (χ0v) is 9.78. The molecule has 1 heterocycles. The molecule has 1 aliphatic rings. The first-order chi connectivity index (χ1) is 7.88. The first-order valence-corrected chi connectivity index (χ1v) is 5.99. The van der Waals surface area contributed by atoms with E-state index in [1.165, 1.54) is 32.1 Å². The second-order valence-electron chi connectivity index (χ2n) is 4.31. The number of nitrogens with zero attached hydrogens (tertiary/aromatic N) is 2. The van der Waals surface area contributed by atoms with E-state index < -0.39 is 0 Å². The van der Waals surface area contributed by atoms with Gasteiger partial charge in [-0.3, -0.25) is 0 Å². The van der Waals surface area contributed by atoms with Crippen molar-refractivity contribution in [1.82, 2.24) is 9.97 Å². The Hall–Kier alpha value is -1.32. The van der Waals surface area contributed by atoms with Gasteiger partial charge >= 0.3 is 0 Å². The lowest BCUT2D eigenvalue weighted by Crippen LogP contribution is -2.18. The van der Waals surface area contributed by atoms with Crippen molar-refractivity contribution in [3.8, 4) is 5.88 Å². The van der Waals surface area contributed by atoms with Crippen LogP contribution in [0.4, 0.5) is 5.95 Å². The Labute approximate surface area is 96.4 Å². The molecule has 0 bridgehead atoms. The van der Waals surface area contributed by atoms with Gasteiger partial charge in [0, 0.05) is 18.8 Å². The van der Waals surface area contributed by atoms with Crippen molar-refractivity contribution >= 4 is 5.95 Å². The lowest BCUT2D eigenvalue weighted by Gasteiger charge is -2.21. The summed E-state index contributed by atoms with van der Waals surface area (Å²) in [4.78, 5) is 8.40. The minimum Gasteiger partial charge on any atom is -0.481 e. The highest BCUT2D eigenvalue weighted by molar-refractivity contribution is 5.27. The van der Waals surface area contributed by atoms with Crippen LogP contribution in [0.2, 0.25) is 0 Å². The van der Waals surface area contributed by atoms with Crippen LogP contribution in [0.15, 0.2) is 12.3 Å². The minimum absolute atomic E-state index is 0.612. The first kappa shape index (κ1) is 11.2. The molecular formula is C12H19N3O. The molecule has 0 radical (unpaired) electrons. The lowest BCUT2D eigenvalue weighted by molar-refractivity contribution is 0.372. The average Bonchev–Trinajstić information content (AvgIpc) is 2.38. The van der Waals surface area contributed by atoms with E-state index >= 15 is 0 Å². The van der Waals surface area contributed by atoms with Crippen molar-refractivity contribution in [2.75, 3.05) is 19.0 Å². The van der Waals surface area contributed by atoms with Gasteiger partial charge < -0.3 is 10.1 Å². The summed E-state index contributed by atoms with van der Waals surface area (Å²) in [6.45, 7) is 0.979. The maximum absolute atomic E-state index is 5.06. The Morgan fingerprint density at radius 2 is 2.19 bits per heavy atom. The predicted octanol–water partition coefficient (Wildman–Crippen LogP) is 2.48. The molecule has 0 aromatic carbocycles. The molecular weight excluding hydrogens is 202 g/mol. The van der Waals surface area contributed by atoms with Gasteiger partial charge in [-0.15, -0.1) is 0 Å². The van der Waals surface area contributed by atoms with Crippen LogP contribution in [0.3, 0.4) is 0 Å². The second-order valence-corrected chi connectivity index (χ2v) is 4.31. The van der Waals surface area contributed by atoms with Gasteiger partial charge in [-0.1, -0.05) is 19.3 Å². The molecule has 1 N–H and O–H groups in total. The second kappa shape index (κ2) is 5.68. The van der Waals surface area contributed by atoms with E-state index in [9.17, 15) is 0 Å². The Bertz CT molecular complexity index is 324. The quantitative estimate of drug-likeness (QED) is 0.848. The number of hydrogen-bond acceptors (Lipinski definition) is 4. The maximum atomic E-state index is 5.06. The Kier molecular flexibility index (Phi) is 3.97. The van der Waals surface area contributed by atoms with Crippen LogP contribution in [-0.2, 0) is 0 Å². The molecule has 1 aliphatic carbocycles. The van der Waals surface area contributed by atoms with Gasteiger partial charge in [-0.25, -0.2) is 4.98 Å². The molecule has 1 fully saturated rings. The third-order valence-corrected chi connectivity index (χ3v) is 3.11. The van der Waals surface area contributed by atoms with Gasteiger partial charge in [0.15, 0.2) is 0 Å². The van der Waals surface area contributed by atoms with Gasteiger partial charge in [-0.2, -0.15) is 4.98 Å². The summed E-state index contributed by atoms with van der Waals surface area (Å²) >= 11 is 0. The summed E-state index contributed by atoms with van der Waals surface area (Å²) in [6, 6.07) is 1.76. The fourth-order valence-electron chi connectivity index (χ4n) is 2.17. The van der Waals surface area contributed by atoms with Crippen molar-refractivity contribution in [3.63, 3.8) is 0 Å². The van der Waals surface area contributed by atoms with Gasteiger partial charge in [0.2, 0.25) is 11.8 Å². The summed E-state index contributed by atoms with van der Waals surface area (Å²) in [5, 5.41) is 3.29. The Balaban J connectivity index is 1.83. The van der Waals surface area contributed by atoms with Gasteiger partial charge in [-0.05, 0) is 18.8 Å². The molecule has 0 amide bonds. The highest BCUT2D eigenvalue weighted by Gasteiger charge is 2.13. The fourth-order valence-corrected chi connectivity index (χ4v) is 2.17. The van der Waals surface area contributed by atoms with E-state index in [0.29, 0.717) is 11.8 Å². The molecule has 0 atom stereocenters. The molecule has 4 nitrogen and oxygen atoms in total. The molecule has 16 heavy (non-hydrogen) atoms. The van der Waals surface area contributed by atoms with Crippen LogP contribution in [-0.4, -0.2) is 23.6 Å². The van der Waals surface area contributed by atoms with Crippen LogP contribution < -0.4 is 10.1 Å². The molecule has 1 aromatic rings. The van der Waals surface area contributed by atoms with Crippen LogP contribution >= 0.6 is 0 Å². The summed E-state index contributed by atoms with van der Waals surface area (Å²) in [6.07, 6.45) is 8.51. The van der Waals surface area contributed by atoms with Crippen LogP contribution in [0.5, 0.6) is 5.88 Å². The molecule has 0 unspecified atom stereocenters. The molecule has 0 aliphatic heterocycles. The number of rotatable bonds is 4. The molecule has 1 aromatic heterocycles. The molecule has 1 saturated carbocycles. The lowest BCUT2D eigenvalue weighted by atomic mass is 9.89. The summed E-state index contributed by atoms with van der Waals surface area (Å²) in [5.41, 5.74) is 0. The molecule has 88 valence electrons. The third kappa shape index (κ3) is 3.08. The van der Waals surface area contributed by atoms with E-state index in [4.69, 9.17) is 4.74 Å². The number of hydrogen-bond donors (Lipinski definition) is 1. The SMILES string of the molecule is COc1ccnc(NCC2CCCCC2)n1. The van der Waals surface area contributed by atoms with Gasteiger partial charge in [0.25, 0.3) is 0 Å². The van der Waals surface area contributed by atoms with E-state index in [2.05, 4.69) is 15.3 Å². The molecule has 4 heteroatoms. The Morgan fingerprint density at radius 1 is 1.38 bits per heavy atom. The van der Waals surface area contributed by atoms with Crippen molar-refractivity contribution in [2.24, 2.45) is 5.92 Å². The van der Waals surface area contributed by atoms with E-state index in [1.54, 1.807) is 19.4 Å². The van der Waals surface area contributed by atoms with Crippen LogP contribution in [0.1, 0.15) is 32.1 Å². The van der Waals surface area contributed by atoms with E-state index in [1.807, 2.05) is 0 Å². The van der Waals surface area contributed by atoms with Crippen LogP contribution in [0.25, 0.3) is 0 Å². The number of nitrogens with one attached hydrogen (secondary N) is 1.